The van der Waals surface area contributed by atoms with Crippen LogP contribution >= 0.6 is 0 Å². The Morgan fingerprint density at radius 2 is 2.19 bits per heavy atom. The van der Waals surface area contributed by atoms with Crippen LogP contribution in [0.2, 0.25) is 0 Å². The number of carbonyl (C=O) groups is 1. The number of rotatable bonds is 4. The maximum Gasteiger partial charge on any atom is 0.170 e. The molecule has 0 amide bonds. The summed E-state index contributed by atoms with van der Waals surface area (Å²) in [4.78, 5) is 12.0. The second kappa shape index (κ2) is 4.79. The Morgan fingerprint density at radius 3 is 2.88 bits per heavy atom. The standard InChI is InChI=1S/C14H14O2/c1-16-14-9-5-4-8-12(14)13(15)10-11-6-2-3-7-11/h2-6,8-9H,7,10H2,1H3. The lowest BCUT2D eigenvalue weighted by atomic mass is 10.0. The highest BCUT2D eigenvalue weighted by Crippen LogP contribution is 2.23. The smallest absolute Gasteiger partial charge is 0.170 e. The molecule has 0 saturated heterocycles. The molecule has 2 rings (SSSR count). The van der Waals surface area contributed by atoms with Crippen LogP contribution in [0.4, 0.5) is 0 Å². The van der Waals surface area contributed by atoms with E-state index in [0.29, 0.717) is 17.7 Å². The van der Waals surface area contributed by atoms with E-state index < -0.39 is 0 Å². The number of ether oxygens (including phenoxy) is 1. The summed E-state index contributed by atoms with van der Waals surface area (Å²) >= 11 is 0. The molecule has 0 heterocycles. The summed E-state index contributed by atoms with van der Waals surface area (Å²) in [6.45, 7) is 0. The van der Waals surface area contributed by atoms with Crippen LogP contribution in [-0.2, 0) is 0 Å². The zero-order valence-corrected chi connectivity index (χ0v) is 9.27. The van der Waals surface area contributed by atoms with Crippen LogP contribution in [0.5, 0.6) is 5.75 Å². The lowest BCUT2D eigenvalue weighted by molar-refractivity contribution is 0.0989. The van der Waals surface area contributed by atoms with Gasteiger partial charge in [-0.1, -0.05) is 35.9 Å². The summed E-state index contributed by atoms with van der Waals surface area (Å²) in [5, 5.41) is 0. The number of ketones is 1. The van der Waals surface area contributed by atoms with Gasteiger partial charge in [-0.25, -0.2) is 0 Å². The van der Waals surface area contributed by atoms with Crippen molar-refractivity contribution in [1.29, 1.82) is 0 Å². The van der Waals surface area contributed by atoms with E-state index in [9.17, 15) is 4.79 Å². The molecule has 0 saturated carbocycles. The number of benzene rings is 1. The van der Waals surface area contributed by atoms with Gasteiger partial charge in [-0.15, -0.1) is 0 Å². The Balaban J connectivity index is 2.14. The summed E-state index contributed by atoms with van der Waals surface area (Å²) in [6, 6.07) is 7.35. The summed E-state index contributed by atoms with van der Waals surface area (Å²) in [5.74, 6) is 0.770. The van der Waals surface area contributed by atoms with Gasteiger partial charge in [0, 0.05) is 6.42 Å². The van der Waals surface area contributed by atoms with Crippen molar-refractivity contribution in [3.8, 4) is 5.75 Å². The minimum absolute atomic E-state index is 0.118. The normalized spacial score (nSPS) is 13.7. The molecule has 0 aliphatic heterocycles. The first-order valence-corrected chi connectivity index (χ1v) is 5.32. The molecule has 1 aromatic rings. The molecule has 16 heavy (non-hydrogen) atoms. The Bertz CT molecular complexity index is 456. The van der Waals surface area contributed by atoms with Gasteiger partial charge in [0.2, 0.25) is 0 Å². The van der Waals surface area contributed by atoms with Crippen molar-refractivity contribution >= 4 is 5.78 Å². The average molecular weight is 214 g/mol. The van der Waals surface area contributed by atoms with E-state index in [1.54, 1.807) is 7.11 Å². The van der Waals surface area contributed by atoms with Gasteiger partial charge in [-0.3, -0.25) is 4.79 Å². The molecule has 0 spiro atoms. The van der Waals surface area contributed by atoms with Gasteiger partial charge >= 0.3 is 0 Å². The summed E-state index contributed by atoms with van der Waals surface area (Å²) in [7, 11) is 1.59. The van der Waals surface area contributed by atoms with Gasteiger partial charge in [-0.05, 0) is 18.6 Å². The van der Waals surface area contributed by atoms with Gasteiger partial charge in [-0.2, -0.15) is 0 Å². The Morgan fingerprint density at radius 1 is 1.38 bits per heavy atom. The number of hydrogen-bond donors (Lipinski definition) is 0. The predicted octanol–water partition coefficient (Wildman–Crippen LogP) is 3.15. The van der Waals surface area contributed by atoms with Crippen LogP contribution in [0.15, 0.2) is 48.1 Å². The Labute approximate surface area is 95.2 Å². The van der Waals surface area contributed by atoms with Gasteiger partial charge in [0.1, 0.15) is 5.75 Å². The number of methoxy groups -OCH3 is 1. The van der Waals surface area contributed by atoms with Crippen molar-refractivity contribution in [2.45, 2.75) is 12.8 Å². The number of hydrogen-bond acceptors (Lipinski definition) is 2. The third kappa shape index (κ3) is 2.22. The third-order valence-electron chi connectivity index (χ3n) is 2.64. The van der Waals surface area contributed by atoms with E-state index in [-0.39, 0.29) is 5.78 Å². The molecular formula is C14H14O2. The van der Waals surface area contributed by atoms with E-state index in [4.69, 9.17) is 4.74 Å². The van der Waals surface area contributed by atoms with Crippen LogP contribution < -0.4 is 4.74 Å². The summed E-state index contributed by atoms with van der Waals surface area (Å²) < 4.78 is 5.18. The highest BCUT2D eigenvalue weighted by atomic mass is 16.5. The van der Waals surface area contributed by atoms with Crippen LogP contribution in [-0.4, -0.2) is 12.9 Å². The van der Waals surface area contributed by atoms with E-state index in [0.717, 1.165) is 12.0 Å². The quantitative estimate of drug-likeness (QED) is 0.720. The van der Waals surface area contributed by atoms with Gasteiger partial charge in [0.15, 0.2) is 5.78 Å². The molecule has 1 aliphatic carbocycles. The first-order chi connectivity index (χ1) is 7.81. The van der Waals surface area contributed by atoms with Crippen molar-refractivity contribution in [3.63, 3.8) is 0 Å². The maximum absolute atomic E-state index is 12.0. The van der Waals surface area contributed by atoms with Gasteiger partial charge < -0.3 is 4.74 Å². The summed E-state index contributed by atoms with van der Waals surface area (Å²) in [5.41, 5.74) is 1.83. The second-order valence-corrected chi connectivity index (χ2v) is 3.76. The lowest BCUT2D eigenvalue weighted by Crippen LogP contribution is -2.02. The zero-order chi connectivity index (χ0) is 11.4. The van der Waals surface area contributed by atoms with Gasteiger partial charge in [0.25, 0.3) is 0 Å². The third-order valence-corrected chi connectivity index (χ3v) is 2.64. The highest BCUT2D eigenvalue weighted by molar-refractivity contribution is 6.00. The van der Waals surface area contributed by atoms with Crippen molar-refractivity contribution in [2.75, 3.05) is 7.11 Å². The molecule has 2 nitrogen and oxygen atoms in total. The minimum atomic E-state index is 0.118. The maximum atomic E-state index is 12.0. The van der Waals surface area contributed by atoms with Crippen LogP contribution in [0.3, 0.4) is 0 Å². The van der Waals surface area contributed by atoms with Crippen molar-refractivity contribution in [1.82, 2.24) is 0 Å². The van der Waals surface area contributed by atoms with Crippen molar-refractivity contribution in [2.24, 2.45) is 0 Å². The lowest BCUT2D eigenvalue weighted by Gasteiger charge is -2.07. The second-order valence-electron chi connectivity index (χ2n) is 3.76. The zero-order valence-electron chi connectivity index (χ0n) is 9.27. The van der Waals surface area contributed by atoms with Crippen LogP contribution in [0, 0.1) is 0 Å². The minimum Gasteiger partial charge on any atom is -0.496 e. The van der Waals surface area contributed by atoms with E-state index in [1.807, 2.05) is 36.4 Å². The monoisotopic (exact) mass is 214 g/mol. The first kappa shape index (κ1) is 10.7. The van der Waals surface area contributed by atoms with E-state index in [1.165, 1.54) is 0 Å². The SMILES string of the molecule is COc1ccccc1C(=O)CC1=CC=CC1. The number of allylic oxidation sites excluding steroid dienone is 4. The molecule has 1 aromatic carbocycles. The van der Waals surface area contributed by atoms with Crippen molar-refractivity contribution < 1.29 is 9.53 Å². The van der Waals surface area contributed by atoms with Crippen LogP contribution in [0.25, 0.3) is 0 Å². The fourth-order valence-corrected chi connectivity index (χ4v) is 1.80. The van der Waals surface area contributed by atoms with E-state index in [2.05, 4.69) is 6.08 Å². The molecule has 82 valence electrons. The molecule has 0 unspecified atom stereocenters. The molecule has 2 heteroatoms. The number of para-hydroxylation sites is 1. The molecule has 1 aliphatic rings. The molecule has 0 fully saturated rings. The predicted molar refractivity (Wildman–Crippen MR) is 63.8 cm³/mol. The number of carbonyl (C=O) groups excluding carboxylic acids is 1. The number of Topliss-reactive ketones (excluding diaryl/α,β-unsaturated/α-hetero) is 1. The first-order valence-electron chi connectivity index (χ1n) is 5.32. The average Bonchev–Trinajstić information content (AvgIpc) is 2.81. The highest BCUT2D eigenvalue weighted by Gasteiger charge is 2.13. The largest absolute Gasteiger partial charge is 0.496 e. The van der Waals surface area contributed by atoms with Crippen LogP contribution in [0.1, 0.15) is 23.2 Å². The molecular weight excluding hydrogens is 200 g/mol. The fourth-order valence-electron chi connectivity index (χ4n) is 1.80. The topological polar surface area (TPSA) is 26.3 Å². The van der Waals surface area contributed by atoms with Crippen molar-refractivity contribution in [3.05, 3.63) is 53.6 Å². The fraction of sp³-hybridized carbons (Fsp3) is 0.214. The molecule has 0 N–H and O–H groups in total. The Kier molecular flexibility index (Phi) is 3.20. The van der Waals surface area contributed by atoms with Gasteiger partial charge in [0.05, 0.1) is 12.7 Å². The molecule has 0 radical (unpaired) electrons. The molecule has 0 atom stereocenters. The molecule has 0 bridgehead atoms. The molecule has 0 aromatic heterocycles. The summed E-state index contributed by atoms with van der Waals surface area (Å²) in [6.07, 6.45) is 7.43. The Hall–Kier alpha value is -1.83. The van der Waals surface area contributed by atoms with E-state index >= 15 is 0 Å².